The Kier molecular flexibility index (Phi) is 3.59. The fourth-order valence-corrected chi connectivity index (χ4v) is 1.28. The molecule has 12 heavy (non-hydrogen) atoms. The lowest BCUT2D eigenvalue weighted by Gasteiger charge is -1.98. The van der Waals surface area contributed by atoms with Gasteiger partial charge in [0, 0.05) is 0 Å². The van der Waals surface area contributed by atoms with Crippen LogP contribution in [0.2, 0.25) is 0 Å². The van der Waals surface area contributed by atoms with E-state index in [1.807, 2.05) is 6.92 Å². The van der Waals surface area contributed by atoms with Gasteiger partial charge >= 0.3 is 0 Å². The lowest BCUT2D eigenvalue weighted by Crippen LogP contribution is -1.81. The largest absolute Gasteiger partial charge is 0.0871 e. The molecule has 0 unspecified atom stereocenters. The predicted octanol–water partition coefficient (Wildman–Crippen LogP) is 3.67. The van der Waals surface area contributed by atoms with Crippen molar-refractivity contribution in [2.45, 2.75) is 26.7 Å². The highest BCUT2D eigenvalue weighted by Gasteiger charge is 1.89. The molecule has 1 aromatic carbocycles. The quantitative estimate of drug-likeness (QED) is 0.633. The lowest BCUT2D eigenvalue weighted by atomic mass is 10.1. The molecule has 0 aromatic heterocycles. The first-order chi connectivity index (χ1) is 5.86. The van der Waals surface area contributed by atoms with Crippen LogP contribution >= 0.6 is 0 Å². The van der Waals surface area contributed by atoms with Crippen LogP contribution in [0.15, 0.2) is 30.3 Å². The first kappa shape index (κ1) is 9.05. The normalized spacial score (nSPS) is 10.8. The zero-order valence-corrected chi connectivity index (χ0v) is 7.88. The number of hydrogen-bond donors (Lipinski definition) is 0. The summed E-state index contributed by atoms with van der Waals surface area (Å²) in [6.45, 7) is 4.25. The van der Waals surface area contributed by atoms with Gasteiger partial charge in [-0.2, -0.15) is 0 Å². The Morgan fingerprint density at radius 3 is 2.33 bits per heavy atom. The van der Waals surface area contributed by atoms with Gasteiger partial charge in [0.25, 0.3) is 0 Å². The summed E-state index contributed by atoms with van der Waals surface area (Å²) in [4.78, 5) is 0. The van der Waals surface area contributed by atoms with Gasteiger partial charge in [-0.3, -0.25) is 0 Å². The molecule has 0 amide bonds. The molecule has 0 atom stereocenters. The average Bonchev–Trinajstić information content (AvgIpc) is 2.09. The lowest BCUT2D eigenvalue weighted by molar-refractivity contribution is 0.922. The molecule has 0 bridgehead atoms. The van der Waals surface area contributed by atoms with E-state index in [0.717, 1.165) is 0 Å². The fraction of sp³-hybridized carbons (Fsp3) is 0.333. The molecular formula is C12H16. The summed E-state index contributed by atoms with van der Waals surface area (Å²) in [5.41, 5.74) is 2.73. The Balaban J connectivity index is 2.71. The fourth-order valence-electron chi connectivity index (χ4n) is 1.28. The first-order valence-electron chi connectivity index (χ1n) is 4.58. The van der Waals surface area contributed by atoms with E-state index < -0.39 is 0 Å². The van der Waals surface area contributed by atoms with Gasteiger partial charge in [-0.1, -0.05) is 49.8 Å². The van der Waals surface area contributed by atoms with Gasteiger partial charge in [-0.25, -0.2) is 0 Å². The molecule has 0 saturated carbocycles. The average molecular weight is 160 g/mol. The molecule has 0 spiro atoms. The van der Waals surface area contributed by atoms with Crippen LogP contribution in [0.1, 0.15) is 31.4 Å². The highest BCUT2D eigenvalue weighted by Crippen LogP contribution is 2.07. The van der Waals surface area contributed by atoms with Crippen LogP contribution in [-0.2, 0) is 6.42 Å². The van der Waals surface area contributed by atoms with E-state index in [-0.39, 0.29) is 0 Å². The zero-order chi connectivity index (χ0) is 8.81. The van der Waals surface area contributed by atoms with Crippen molar-refractivity contribution in [1.29, 1.82) is 0 Å². The molecular weight excluding hydrogens is 144 g/mol. The van der Waals surface area contributed by atoms with E-state index in [0.29, 0.717) is 0 Å². The standard InChI is InChI=1S/C12H16/c1-3-5-11-7-9-12(6-4-2)10-8-11/h3,5,7-10H,4,6H2,1-2H3. The Morgan fingerprint density at radius 2 is 1.83 bits per heavy atom. The molecule has 0 heteroatoms. The number of allylic oxidation sites excluding steroid dienone is 1. The second kappa shape index (κ2) is 4.76. The molecule has 0 radical (unpaired) electrons. The van der Waals surface area contributed by atoms with Crippen molar-refractivity contribution in [3.8, 4) is 0 Å². The topological polar surface area (TPSA) is 0 Å². The van der Waals surface area contributed by atoms with Crippen molar-refractivity contribution < 1.29 is 0 Å². The Labute approximate surface area is 74.9 Å². The number of aryl methyl sites for hydroxylation is 1. The van der Waals surface area contributed by atoms with Crippen LogP contribution < -0.4 is 0 Å². The molecule has 0 nitrogen and oxygen atoms in total. The second-order valence-electron chi connectivity index (χ2n) is 2.99. The number of hydrogen-bond acceptors (Lipinski definition) is 0. The Morgan fingerprint density at radius 1 is 1.17 bits per heavy atom. The molecule has 0 saturated heterocycles. The van der Waals surface area contributed by atoms with E-state index in [4.69, 9.17) is 0 Å². The van der Waals surface area contributed by atoms with Crippen LogP contribution in [-0.4, -0.2) is 0 Å². The van der Waals surface area contributed by atoms with E-state index in [9.17, 15) is 0 Å². The maximum atomic E-state index is 2.21. The molecule has 0 aliphatic carbocycles. The van der Waals surface area contributed by atoms with E-state index in [1.54, 1.807) is 0 Å². The van der Waals surface area contributed by atoms with Crippen molar-refractivity contribution in [3.05, 3.63) is 41.5 Å². The summed E-state index contributed by atoms with van der Waals surface area (Å²) in [5.74, 6) is 0. The van der Waals surface area contributed by atoms with Crippen molar-refractivity contribution in [2.75, 3.05) is 0 Å². The monoisotopic (exact) mass is 160 g/mol. The number of rotatable bonds is 3. The molecule has 1 rings (SSSR count). The van der Waals surface area contributed by atoms with Crippen molar-refractivity contribution in [3.63, 3.8) is 0 Å². The Hall–Kier alpha value is -1.04. The maximum absolute atomic E-state index is 2.21. The Bertz CT molecular complexity index is 241. The predicted molar refractivity (Wildman–Crippen MR) is 55.1 cm³/mol. The van der Waals surface area contributed by atoms with Crippen molar-refractivity contribution in [1.82, 2.24) is 0 Å². The minimum atomic E-state index is 1.19. The van der Waals surface area contributed by atoms with Gasteiger partial charge in [0.05, 0.1) is 0 Å². The molecule has 0 heterocycles. The van der Waals surface area contributed by atoms with Crippen LogP contribution in [0.3, 0.4) is 0 Å². The third-order valence-corrected chi connectivity index (χ3v) is 1.88. The summed E-state index contributed by atoms with van der Waals surface area (Å²) in [5, 5.41) is 0. The van der Waals surface area contributed by atoms with Gasteiger partial charge in [-0.15, -0.1) is 0 Å². The SMILES string of the molecule is CC=Cc1ccc(CCC)cc1. The molecule has 1 aromatic rings. The van der Waals surface area contributed by atoms with Gasteiger partial charge in [0.2, 0.25) is 0 Å². The third kappa shape index (κ3) is 2.54. The summed E-state index contributed by atoms with van der Waals surface area (Å²) in [6, 6.07) is 8.76. The smallest absolute Gasteiger partial charge is 0.0260 e. The van der Waals surface area contributed by atoms with E-state index in [2.05, 4.69) is 43.3 Å². The van der Waals surface area contributed by atoms with Gasteiger partial charge in [0.15, 0.2) is 0 Å². The third-order valence-electron chi connectivity index (χ3n) is 1.88. The molecule has 0 fully saturated rings. The summed E-state index contributed by atoms with van der Waals surface area (Å²) in [7, 11) is 0. The van der Waals surface area contributed by atoms with Crippen molar-refractivity contribution >= 4 is 6.08 Å². The minimum absolute atomic E-state index is 1.19. The van der Waals surface area contributed by atoms with Crippen LogP contribution in [0.5, 0.6) is 0 Å². The molecule has 0 aliphatic heterocycles. The first-order valence-corrected chi connectivity index (χ1v) is 4.58. The number of benzene rings is 1. The van der Waals surface area contributed by atoms with E-state index >= 15 is 0 Å². The summed E-state index contributed by atoms with van der Waals surface area (Å²) in [6.07, 6.45) is 6.60. The summed E-state index contributed by atoms with van der Waals surface area (Å²) >= 11 is 0. The van der Waals surface area contributed by atoms with Crippen LogP contribution in [0, 0.1) is 0 Å². The second-order valence-corrected chi connectivity index (χ2v) is 2.99. The van der Waals surface area contributed by atoms with E-state index in [1.165, 1.54) is 24.0 Å². The minimum Gasteiger partial charge on any atom is -0.0871 e. The molecule has 0 N–H and O–H groups in total. The molecule has 64 valence electrons. The highest BCUT2D eigenvalue weighted by atomic mass is 13.9. The van der Waals surface area contributed by atoms with Gasteiger partial charge < -0.3 is 0 Å². The molecule has 0 aliphatic rings. The van der Waals surface area contributed by atoms with Crippen LogP contribution in [0.25, 0.3) is 6.08 Å². The van der Waals surface area contributed by atoms with Gasteiger partial charge in [-0.05, 0) is 24.5 Å². The van der Waals surface area contributed by atoms with Crippen LogP contribution in [0.4, 0.5) is 0 Å². The van der Waals surface area contributed by atoms with Crippen molar-refractivity contribution in [2.24, 2.45) is 0 Å². The maximum Gasteiger partial charge on any atom is -0.0260 e. The zero-order valence-electron chi connectivity index (χ0n) is 7.88. The van der Waals surface area contributed by atoms with Gasteiger partial charge in [0.1, 0.15) is 0 Å². The highest BCUT2D eigenvalue weighted by molar-refractivity contribution is 5.49. The summed E-state index contributed by atoms with van der Waals surface area (Å²) < 4.78 is 0.